The number of β-amino-alcohol motifs (C(OH)–C–C–N with tert-alkyl or cyclic N) is 1. The fourth-order valence-electron chi connectivity index (χ4n) is 5.10. The molecule has 0 bridgehead atoms. The number of hydrogen-bond donors (Lipinski definition) is 5. The first kappa shape index (κ1) is 34.3. The third-order valence-electron chi connectivity index (χ3n) is 7.94. The molecule has 0 radical (unpaired) electrons. The number of benzene rings is 1. The molecule has 3 atom stereocenters. The molecular formula is C31H43FN6O6S. The summed E-state index contributed by atoms with van der Waals surface area (Å²) in [7, 11) is 0. The van der Waals surface area contributed by atoms with Crippen LogP contribution in [0.25, 0.3) is 10.4 Å². The molecule has 1 aliphatic carbocycles. The molecule has 0 spiro atoms. The van der Waals surface area contributed by atoms with Gasteiger partial charge >= 0.3 is 0 Å². The van der Waals surface area contributed by atoms with Gasteiger partial charge in [0.05, 0.1) is 22.2 Å². The van der Waals surface area contributed by atoms with Gasteiger partial charge < -0.3 is 36.4 Å². The molecule has 45 heavy (non-hydrogen) atoms. The lowest BCUT2D eigenvalue weighted by molar-refractivity contribution is -0.145. The second-order valence-electron chi connectivity index (χ2n) is 12.7. The molecule has 4 amide bonds. The summed E-state index contributed by atoms with van der Waals surface area (Å²) in [5.41, 5.74) is 6.77. The monoisotopic (exact) mass is 646 g/mol. The number of hydrogen-bond acceptors (Lipinski definition) is 9. The normalized spacial score (nSPS) is 19.5. The van der Waals surface area contributed by atoms with Crippen LogP contribution in [0.3, 0.4) is 0 Å². The summed E-state index contributed by atoms with van der Waals surface area (Å²) in [6.45, 7) is 7.68. The Hall–Kier alpha value is -3.62. The van der Waals surface area contributed by atoms with Gasteiger partial charge in [-0.2, -0.15) is 0 Å². The molecule has 12 nitrogen and oxygen atoms in total. The van der Waals surface area contributed by atoms with E-state index in [1.807, 2.05) is 13.0 Å². The first-order valence-electron chi connectivity index (χ1n) is 15.1. The van der Waals surface area contributed by atoms with E-state index in [2.05, 4.69) is 20.9 Å². The van der Waals surface area contributed by atoms with Crippen LogP contribution in [0.2, 0.25) is 0 Å². The molecule has 1 saturated heterocycles. The Kier molecular flexibility index (Phi) is 10.8. The largest absolute Gasteiger partial charge is 0.483 e. The molecule has 2 aliphatic rings. The highest BCUT2D eigenvalue weighted by atomic mass is 32.1. The smallest absolute Gasteiger partial charge is 0.258 e. The Balaban J connectivity index is 1.48. The summed E-state index contributed by atoms with van der Waals surface area (Å²) in [6.07, 6.45) is -0.0983. The molecule has 246 valence electrons. The zero-order valence-electron chi connectivity index (χ0n) is 26.2. The quantitative estimate of drug-likeness (QED) is 0.204. The number of carbonyl (C=O) groups is 4. The van der Waals surface area contributed by atoms with Gasteiger partial charge in [0.25, 0.3) is 11.8 Å². The van der Waals surface area contributed by atoms with Crippen LogP contribution < -0.4 is 26.4 Å². The lowest BCUT2D eigenvalue weighted by atomic mass is 9.85. The average molecular weight is 647 g/mol. The molecule has 1 aromatic carbocycles. The number of alkyl halides is 1. The Bertz CT molecular complexity index is 1410. The third kappa shape index (κ3) is 8.56. The van der Waals surface area contributed by atoms with Crippen molar-refractivity contribution in [2.45, 2.75) is 83.8 Å². The van der Waals surface area contributed by atoms with E-state index in [1.165, 1.54) is 16.2 Å². The van der Waals surface area contributed by atoms with Gasteiger partial charge in [0.1, 0.15) is 17.8 Å². The fraction of sp³-hybridized carbons (Fsp3) is 0.581. The van der Waals surface area contributed by atoms with Crippen molar-refractivity contribution < 1.29 is 33.4 Å². The number of aryl methyl sites for hydroxylation is 1. The lowest BCUT2D eigenvalue weighted by Crippen LogP contribution is -2.59. The van der Waals surface area contributed by atoms with Gasteiger partial charge in [0.2, 0.25) is 11.8 Å². The number of nitrogens with two attached hydrogens (primary N) is 1. The number of aliphatic hydroxyl groups excluding tert-OH is 1. The average Bonchev–Trinajstić information content (AvgIpc) is 3.39. The van der Waals surface area contributed by atoms with Crippen molar-refractivity contribution >= 4 is 35.0 Å². The zero-order valence-corrected chi connectivity index (χ0v) is 27.0. The molecular weight excluding hydrogens is 603 g/mol. The van der Waals surface area contributed by atoms with E-state index >= 15 is 0 Å². The van der Waals surface area contributed by atoms with Gasteiger partial charge in [0.15, 0.2) is 12.3 Å². The molecule has 2 heterocycles. The number of nitrogens with zero attached hydrogens (tertiary/aromatic N) is 2. The summed E-state index contributed by atoms with van der Waals surface area (Å²) >= 11 is 1.47. The minimum Gasteiger partial charge on any atom is -0.483 e. The van der Waals surface area contributed by atoms with Crippen molar-refractivity contribution in [3.63, 3.8) is 0 Å². The number of halogens is 1. The minimum atomic E-state index is -1.97. The van der Waals surface area contributed by atoms with Crippen molar-refractivity contribution in [1.29, 1.82) is 0 Å². The van der Waals surface area contributed by atoms with E-state index in [1.54, 1.807) is 38.4 Å². The van der Waals surface area contributed by atoms with Crippen LogP contribution in [0.15, 0.2) is 23.7 Å². The van der Waals surface area contributed by atoms with Crippen molar-refractivity contribution in [3.05, 3.63) is 35.0 Å². The lowest BCUT2D eigenvalue weighted by Gasteiger charge is -2.35. The second-order valence-corrected chi connectivity index (χ2v) is 13.6. The minimum absolute atomic E-state index is 0.00531. The number of rotatable bonds is 13. The van der Waals surface area contributed by atoms with Crippen LogP contribution in [0, 0.1) is 12.3 Å². The molecule has 2 fully saturated rings. The molecule has 6 N–H and O–H groups in total. The number of likely N-dealkylation sites (tertiary alicyclic amines) is 1. The standard InChI is InChI=1S/C31H43FN6O6S/c1-18-25(45-17-36-18)19-6-7-20(23(12-19)44-16-24(40)34-11-5-10-33)14-35-27(41)22-13-21(39)15-38(22)28(42)26(30(2,3)4)37-29(43)31(32)8-9-31/h6-7,12,17,21-22,26,39H,5,8-11,13-16,33H2,1-4H3,(H,34,40)(H,35,41)(H,37,43)/t21-,22?,26-/m1/s1. The Morgan fingerprint density at radius 2 is 1.98 bits per heavy atom. The molecule has 2 aromatic rings. The third-order valence-corrected chi connectivity index (χ3v) is 8.92. The van der Waals surface area contributed by atoms with Crippen molar-refractivity contribution in [1.82, 2.24) is 25.8 Å². The predicted molar refractivity (Wildman–Crippen MR) is 167 cm³/mol. The summed E-state index contributed by atoms with van der Waals surface area (Å²) in [6, 6.07) is 3.35. The number of aliphatic hydroxyl groups is 1. The SMILES string of the molecule is Cc1ncsc1-c1ccc(CNC(=O)C2C[C@@H](O)CN2C(=O)[C@@H](NC(=O)C2(F)CC2)C(C)(C)C)c(OCC(=O)NCCCN)c1. The van der Waals surface area contributed by atoms with Crippen molar-refractivity contribution in [2.75, 3.05) is 26.2 Å². The molecule has 1 aliphatic heterocycles. The van der Waals surface area contributed by atoms with Gasteiger partial charge in [-0.25, -0.2) is 9.37 Å². The number of ether oxygens (including phenoxy) is 1. The maximum atomic E-state index is 14.5. The van der Waals surface area contributed by atoms with Crippen LogP contribution in [0.5, 0.6) is 5.75 Å². The van der Waals surface area contributed by atoms with E-state index in [4.69, 9.17) is 10.5 Å². The maximum Gasteiger partial charge on any atom is 0.258 e. The number of amides is 4. The van der Waals surface area contributed by atoms with Crippen molar-refractivity contribution in [3.8, 4) is 16.2 Å². The number of thiazole rings is 1. The van der Waals surface area contributed by atoms with Crippen LogP contribution in [0.1, 0.15) is 57.7 Å². The number of carbonyl (C=O) groups excluding carboxylic acids is 4. The number of nitrogens with one attached hydrogen (secondary N) is 3. The zero-order chi connectivity index (χ0) is 32.9. The van der Waals surface area contributed by atoms with E-state index in [0.29, 0.717) is 30.8 Å². The topological polar surface area (TPSA) is 176 Å². The van der Waals surface area contributed by atoms with Gasteiger partial charge in [-0.3, -0.25) is 19.2 Å². The van der Waals surface area contributed by atoms with E-state index in [0.717, 1.165) is 16.1 Å². The van der Waals surface area contributed by atoms with Crippen LogP contribution in [0.4, 0.5) is 4.39 Å². The number of aromatic nitrogens is 1. The predicted octanol–water partition coefficient (Wildman–Crippen LogP) is 1.57. The first-order chi connectivity index (χ1) is 21.2. The Morgan fingerprint density at radius 3 is 2.60 bits per heavy atom. The fourth-order valence-corrected chi connectivity index (χ4v) is 5.90. The summed E-state index contributed by atoms with van der Waals surface area (Å²) in [5.74, 6) is -1.83. The Labute approximate surface area is 266 Å². The van der Waals surface area contributed by atoms with Crippen LogP contribution in [-0.4, -0.2) is 88.7 Å². The first-order valence-corrected chi connectivity index (χ1v) is 16.0. The highest BCUT2D eigenvalue weighted by Crippen LogP contribution is 2.40. The van der Waals surface area contributed by atoms with E-state index in [-0.39, 0.29) is 44.9 Å². The summed E-state index contributed by atoms with van der Waals surface area (Å²) in [5, 5.41) is 18.6. The second kappa shape index (κ2) is 14.2. The highest BCUT2D eigenvalue weighted by Gasteiger charge is 2.53. The summed E-state index contributed by atoms with van der Waals surface area (Å²) < 4.78 is 20.4. The maximum absolute atomic E-state index is 14.5. The van der Waals surface area contributed by atoms with Crippen molar-refractivity contribution in [2.24, 2.45) is 11.1 Å². The van der Waals surface area contributed by atoms with Gasteiger partial charge in [-0.05, 0) is 49.8 Å². The molecule has 4 rings (SSSR count). The molecule has 1 unspecified atom stereocenters. The van der Waals surface area contributed by atoms with Gasteiger partial charge in [0, 0.05) is 31.6 Å². The van der Waals surface area contributed by atoms with Gasteiger partial charge in [-0.1, -0.05) is 32.9 Å². The van der Waals surface area contributed by atoms with E-state index in [9.17, 15) is 28.7 Å². The van der Waals surface area contributed by atoms with Crippen LogP contribution >= 0.6 is 11.3 Å². The van der Waals surface area contributed by atoms with Crippen LogP contribution in [-0.2, 0) is 25.7 Å². The molecule has 1 aromatic heterocycles. The highest BCUT2D eigenvalue weighted by molar-refractivity contribution is 7.13. The Morgan fingerprint density at radius 1 is 1.24 bits per heavy atom. The molecule has 1 saturated carbocycles. The summed E-state index contributed by atoms with van der Waals surface area (Å²) in [4.78, 5) is 58.5. The molecule has 14 heteroatoms. The van der Waals surface area contributed by atoms with E-state index < -0.39 is 47.0 Å². The van der Waals surface area contributed by atoms with Gasteiger partial charge in [-0.15, -0.1) is 11.3 Å².